The summed E-state index contributed by atoms with van der Waals surface area (Å²) in [6.45, 7) is 4.97. The number of aliphatic hydroxyl groups is 1. The van der Waals surface area contributed by atoms with Crippen molar-refractivity contribution in [3.63, 3.8) is 0 Å². The molecule has 4 fully saturated rings. The lowest BCUT2D eigenvalue weighted by Gasteiger charge is -2.71. The van der Waals surface area contributed by atoms with Crippen LogP contribution in [-0.4, -0.2) is 46.5 Å². The van der Waals surface area contributed by atoms with E-state index in [-0.39, 0.29) is 52.3 Å². The van der Waals surface area contributed by atoms with Crippen LogP contribution in [0.2, 0.25) is 5.02 Å². The van der Waals surface area contributed by atoms with E-state index in [0.717, 1.165) is 19.3 Å². The van der Waals surface area contributed by atoms with Crippen LogP contribution >= 0.6 is 11.6 Å². The van der Waals surface area contributed by atoms with E-state index < -0.39 is 46.2 Å². The number of amides is 1. The van der Waals surface area contributed by atoms with Gasteiger partial charge in [0.2, 0.25) is 0 Å². The van der Waals surface area contributed by atoms with E-state index in [1.807, 2.05) is 0 Å². The van der Waals surface area contributed by atoms with Gasteiger partial charge in [-0.1, -0.05) is 61.9 Å². The van der Waals surface area contributed by atoms with Crippen molar-refractivity contribution in [2.24, 2.45) is 33.5 Å². The number of allylic oxidation sites excluding steroid dienone is 4. The number of carbonyl (C=O) groups excluding carboxylic acids is 2. The molecule has 8 atom stereocenters. The van der Waals surface area contributed by atoms with Gasteiger partial charge in [0, 0.05) is 45.4 Å². The molecule has 0 aromatic heterocycles. The Balaban J connectivity index is 1.14. The molecule has 50 heavy (non-hydrogen) atoms. The maximum absolute atomic E-state index is 15.1. The number of ketones is 1. The molecular weight excluding hydrogens is 674 g/mol. The highest BCUT2D eigenvalue weighted by molar-refractivity contribution is 6.31. The van der Waals surface area contributed by atoms with E-state index in [4.69, 9.17) is 16.3 Å². The Bertz CT molecular complexity index is 1810. The zero-order valence-electron chi connectivity index (χ0n) is 28.0. The number of aliphatic hydroxyl groups excluding tert-OH is 1. The number of nitrogens with zero attached hydrogens (tertiary/aromatic N) is 1. The van der Waals surface area contributed by atoms with Crippen LogP contribution in [0.25, 0.3) is 0 Å². The van der Waals surface area contributed by atoms with Crippen molar-refractivity contribution in [3.05, 3.63) is 88.2 Å². The zero-order valence-corrected chi connectivity index (χ0v) is 28.7. The summed E-state index contributed by atoms with van der Waals surface area (Å²) in [5, 5.41) is 11.1. The standard InChI is InChI=1S/C39H40ClF4NO5/c1-34-13-10-24(46)19-36(34)16-17-38(27(20-36)30(47)18-26-28(40)4-3-5-29(26)41)31(34)11-14-35(2)32(38)12-15-37(35)22-45(33(48)50-37)21-23-6-8-25(9-7-23)49-39(42,43)44/h3-9,16-17,20,24,31-32,46H,10-15,18-19,21-22H2,1-2H3/t24-,31+,32+,34+,35-,36-,37+,38+/m0/s1. The number of benzene rings is 2. The molecule has 1 aliphatic heterocycles. The van der Waals surface area contributed by atoms with Crippen molar-refractivity contribution < 1.29 is 41.7 Å². The second kappa shape index (κ2) is 11.1. The highest BCUT2D eigenvalue weighted by Gasteiger charge is 2.76. The number of rotatable bonds is 6. The first-order chi connectivity index (χ1) is 23.5. The Morgan fingerprint density at radius 1 is 1.02 bits per heavy atom. The van der Waals surface area contributed by atoms with Crippen molar-refractivity contribution >= 4 is 23.5 Å². The minimum absolute atomic E-state index is 0.0650. The fourth-order valence-corrected chi connectivity index (χ4v) is 11.8. The summed E-state index contributed by atoms with van der Waals surface area (Å²) in [6.07, 6.45) is 5.50. The van der Waals surface area contributed by atoms with Gasteiger partial charge in [0.15, 0.2) is 5.78 Å². The van der Waals surface area contributed by atoms with Gasteiger partial charge in [0.1, 0.15) is 17.2 Å². The van der Waals surface area contributed by atoms with Crippen molar-refractivity contribution in [2.45, 2.75) is 89.8 Å². The minimum Gasteiger partial charge on any atom is -0.440 e. The van der Waals surface area contributed by atoms with Crippen LogP contribution in [-0.2, 0) is 22.5 Å². The summed E-state index contributed by atoms with van der Waals surface area (Å²) in [5.74, 6) is -1.02. The van der Waals surface area contributed by atoms with Crippen LogP contribution in [0, 0.1) is 39.3 Å². The molecule has 2 aromatic carbocycles. The Morgan fingerprint density at radius 2 is 1.72 bits per heavy atom. The quantitative estimate of drug-likeness (QED) is 0.239. The summed E-state index contributed by atoms with van der Waals surface area (Å²) < 4.78 is 63.5. The van der Waals surface area contributed by atoms with Gasteiger partial charge >= 0.3 is 12.5 Å². The second-order valence-corrected chi connectivity index (χ2v) is 16.4. The van der Waals surface area contributed by atoms with Crippen LogP contribution in [0.5, 0.6) is 5.75 Å². The number of fused-ring (bicyclic) bond motifs is 2. The third-order valence-corrected chi connectivity index (χ3v) is 14.3. The van der Waals surface area contributed by atoms with E-state index in [1.54, 1.807) is 11.0 Å². The van der Waals surface area contributed by atoms with Gasteiger partial charge in [-0.05, 0) is 92.0 Å². The molecule has 1 N–H and O–H groups in total. The molecule has 9 rings (SSSR count). The number of ether oxygens (including phenoxy) is 2. The largest absolute Gasteiger partial charge is 0.573 e. The molecule has 3 saturated carbocycles. The molecule has 6 aliphatic carbocycles. The number of hydrogen-bond donors (Lipinski definition) is 1. The fourth-order valence-electron chi connectivity index (χ4n) is 11.5. The lowest BCUT2D eigenvalue weighted by atomic mass is 9.32. The monoisotopic (exact) mass is 713 g/mol. The summed E-state index contributed by atoms with van der Waals surface area (Å²) in [7, 11) is 0. The second-order valence-electron chi connectivity index (χ2n) is 16.0. The number of carbonyl (C=O) groups is 2. The Morgan fingerprint density at radius 3 is 2.44 bits per heavy atom. The number of Topliss-reactive ketones (excluding diaryl/α,β-unsaturated/α-hetero) is 1. The van der Waals surface area contributed by atoms with Crippen molar-refractivity contribution in [3.8, 4) is 5.75 Å². The van der Waals surface area contributed by atoms with Gasteiger partial charge in [-0.25, -0.2) is 9.18 Å². The van der Waals surface area contributed by atoms with Crippen molar-refractivity contribution in [2.75, 3.05) is 6.54 Å². The normalized spacial score (nSPS) is 38.4. The van der Waals surface area contributed by atoms with E-state index >= 15 is 4.39 Å². The Hall–Kier alpha value is -3.37. The van der Waals surface area contributed by atoms with Crippen LogP contribution in [0.3, 0.4) is 0 Å². The lowest BCUT2D eigenvalue weighted by Crippen LogP contribution is -2.67. The van der Waals surface area contributed by atoms with Crippen molar-refractivity contribution in [1.29, 1.82) is 0 Å². The summed E-state index contributed by atoms with van der Waals surface area (Å²) in [5.41, 5.74) is -1.28. The third-order valence-electron chi connectivity index (χ3n) is 13.9. The van der Waals surface area contributed by atoms with Crippen LogP contribution < -0.4 is 4.74 Å². The average molecular weight is 714 g/mol. The number of alkyl halides is 3. The Labute approximate surface area is 293 Å². The molecule has 1 amide bonds. The maximum Gasteiger partial charge on any atom is 0.573 e. The molecule has 1 heterocycles. The highest BCUT2D eigenvalue weighted by Crippen LogP contribution is 2.79. The van der Waals surface area contributed by atoms with E-state index in [9.17, 15) is 27.9 Å². The maximum atomic E-state index is 15.1. The average Bonchev–Trinajstić information content (AvgIpc) is 3.53. The predicted octanol–water partition coefficient (Wildman–Crippen LogP) is 8.74. The van der Waals surface area contributed by atoms with Crippen LogP contribution in [0.1, 0.15) is 69.9 Å². The first-order valence-electron chi connectivity index (χ1n) is 17.5. The molecule has 3 spiro atoms. The molecule has 0 radical (unpaired) electrons. The van der Waals surface area contributed by atoms with Gasteiger partial charge in [-0.3, -0.25) is 9.69 Å². The molecule has 11 heteroatoms. The zero-order chi connectivity index (χ0) is 35.5. The minimum atomic E-state index is -4.80. The SMILES string of the molecule is C[C@]12CC[C@H]3[C@]4(C=C[C@@]5(C=C4C(=O)Cc4c(F)cccc4Cl)C[C@@H](O)CC[C@]35C)[C@@H]1CC[C@@]21CN(Cc2ccc(OC(F)(F)F)cc2)C(=O)O1. The molecule has 266 valence electrons. The molecule has 2 aromatic rings. The smallest absolute Gasteiger partial charge is 0.440 e. The van der Waals surface area contributed by atoms with E-state index in [2.05, 4.69) is 36.8 Å². The molecular formula is C39H40ClF4NO5. The van der Waals surface area contributed by atoms with E-state index in [0.29, 0.717) is 43.4 Å². The molecule has 1 saturated heterocycles. The van der Waals surface area contributed by atoms with Crippen LogP contribution in [0.4, 0.5) is 22.4 Å². The third kappa shape index (κ3) is 4.69. The van der Waals surface area contributed by atoms with Gasteiger partial charge in [-0.15, -0.1) is 13.2 Å². The fraction of sp³-hybridized carbons (Fsp3) is 0.538. The summed E-state index contributed by atoms with van der Waals surface area (Å²) in [6, 6.07) is 9.91. The molecule has 2 bridgehead atoms. The predicted molar refractivity (Wildman–Crippen MR) is 176 cm³/mol. The molecule has 6 nitrogen and oxygen atoms in total. The molecule has 7 aliphatic rings. The summed E-state index contributed by atoms with van der Waals surface area (Å²) in [4.78, 5) is 29.8. The lowest BCUT2D eigenvalue weighted by molar-refractivity contribution is -0.274. The van der Waals surface area contributed by atoms with Gasteiger partial charge in [0.25, 0.3) is 0 Å². The molecule has 0 unspecified atom stereocenters. The number of halogens is 5. The van der Waals surface area contributed by atoms with Gasteiger partial charge in [0.05, 0.1) is 12.6 Å². The highest BCUT2D eigenvalue weighted by atomic mass is 35.5. The Kier molecular flexibility index (Phi) is 7.47. The van der Waals surface area contributed by atoms with Gasteiger partial charge < -0.3 is 14.6 Å². The summed E-state index contributed by atoms with van der Waals surface area (Å²) >= 11 is 6.43. The first kappa shape index (κ1) is 33.8. The van der Waals surface area contributed by atoms with E-state index in [1.165, 1.54) is 36.4 Å². The van der Waals surface area contributed by atoms with Gasteiger partial charge in [-0.2, -0.15) is 0 Å². The van der Waals surface area contributed by atoms with Crippen LogP contribution in [0.15, 0.2) is 66.3 Å². The number of hydrogen-bond acceptors (Lipinski definition) is 5. The first-order valence-corrected chi connectivity index (χ1v) is 17.8. The van der Waals surface area contributed by atoms with Crippen molar-refractivity contribution in [1.82, 2.24) is 4.90 Å². The topological polar surface area (TPSA) is 76.1 Å².